The molecule has 1 aromatic heterocycles. The number of hydrogen-bond acceptors (Lipinski definition) is 4. The van der Waals surface area contributed by atoms with Crippen molar-refractivity contribution in [3.8, 4) is 11.5 Å². The standard InChI is InChI=1S/C16H20N2O2/c1-12(17)14-3-4-15(16(11-14)19-2)20-10-7-13-5-8-18-9-6-13/h3-6,8-9,11-12H,7,10,17H2,1-2H3/t12-/m0/s1. The summed E-state index contributed by atoms with van der Waals surface area (Å²) in [6.45, 7) is 2.54. The summed E-state index contributed by atoms with van der Waals surface area (Å²) in [6.07, 6.45) is 4.40. The Bertz CT molecular complexity index is 541. The number of methoxy groups -OCH3 is 1. The molecule has 1 atom stereocenters. The summed E-state index contributed by atoms with van der Waals surface area (Å²) in [4.78, 5) is 3.99. The molecule has 2 rings (SSSR count). The van der Waals surface area contributed by atoms with Crippen molar-refractivity contribution in [2.24, 2.45) is 5.73 Å². The summed E-state index contributed by atoms with van der Waals surface area (Å²) in [5, 5.41) is 0. The number of aromatic nitrogens is 1. The first-order chi connectivity index (χ1) is 9.70. The van der Waals surface area contributed by atoms with E-state index in [-0.39, 0.29) is 6.04 Å². The minimum Gasteiger partial charge on any atom is -0.493 e. The van der Waals surface area contributed by atoms with Gasteiger partial charge in [0.15, 0.2) is 11.5 Å². The van der Waals surface area contributed by atoms with Crippen LogP contribution in [0.2, 0.25) is 0 Å². The normalized spacial score (nSPS) is 11.9. The zero-order chi connectivity index (χ0) is 14.4. The topological polar surface area (TPSA) is 57.4 Å². The quantitative estimate of drug-likeness (QED) is 0.878. The number of pyridine rings is 1. The molecular formula is C16H20N2O2. The van der Waals surface area contributed by atoms with Crippen LogP contribution in [0.4, 0.5) is 0 Å². The van der Waals surface area contributed by atoms with Crippen LogP contribution in [-0.2, 0) is 6.42 Å². The van der Waals surface area contributed by atoms with Crippen molar-refractivity contribution in [2.45, 2.75) is 19.4 Å². The monoisotopic (exact) mass is 272 g/mol. The molecule has 0 amide bonds. The van der Waals surface area contributed by atoms with Crippen LogP contribution in [0.1, 0.15) is 24.1 Å². The van der Waals surface area contributed by atoms with Crippen LogP contribution in [0.25, 0.3) is 0 Å². The Balaban J connectivity index is 1.99. The molecule has 0 aliphatic heterocycles. The Hall–Kier alpha value is -2.07. The van der Waals surface area contributed by atoms with Crippen LogP contribution in [0.5, 0.6) is 11.5 Å². The molecule has 0 saturated carbocycles. The first kappa shape index (κ1) is 14.3. The molecule has 0 bridgehead atoms. The second-order valence-corrected chi connectivity index (χ2v) is 4.65. The Labute approximate surface area is 119 Å². The third kappa shape index (κ3) is 3.71. The van der Waals surface area contributed by atoms with Gasteiger partial charge in [-0.25, -0.2) is 0 Å². The lowest BCUT2D eigenvalue weighted by molar-refractivity contribution is 0.297. The third-order valence-electron chi connectivity index (χ3n) is 3.11. The lowest BCUT2D eigenvalue weighted by atomic mass is 10.1. The average Bonchev–Trinajstić information content (AvgIpc) is 2.48. The zero-order valence-corrected chi connectivity index (χ0v) is 11.9. The van der Waals surface area contributed by atoms with Gasteiger partial charge in [-0.3, -0.25) is 4.98 Å². The molecule has 1 heterocycles. The molecule has 0 unspecified atom stereocenters. The smallest absolute Gasteiger partial charge is 0.161 e. The lowest BCUT2D eigenvalue weighted by Crippen LogP contribution is -2.06. The van der Waals surface area contributed by atoms with Crippen LogP contribution >= 0.6 is 0 Å². The second-order valence-electron chi connectivity index (χ2n) is 4.65. The van der Waals surface area contributed by atoms with E-state index in [4.69, 9.17) is 15.2 Å². The Morgan fingerprint density at radius 1 is 1.15 bits per heavy atom. The predicted octanol–water partition coefficient (Wildman–Crippen LogP) is 2.73. The fourth-order valence-corrected chi connectivity index (χ4v) is 1.91. The number of nitrogens with two attached hydrogens (primary N) is 1. The molecule has 0 aliphatic rings. The number of ether oxygens (including phenoxy) is 2. The van der Waals surface area contributed by atoms with E-state index in [0.717, 1.165) is 23.5 Å². The first-order valence-corrected chi connectivity index (χ1v) is 6.66. The predicted molar refractivity (Wildman–Crippen MR) is 79.0 cm³/mol. The molecule has 1 aromatic carbocycles. The summed E-state index contributed by atoms with van der Waals surface area (Å²) in [5.74, 6) is 1.46. The van der Waals surface area contributed by atoms with Gasteiger partial charge in [-0.1, -0.05) is 6.07 Å². The maximum atomic E-state index is 5.86. The van der Waals surface area contributed by atoms with Crippen molar-refractivity contribution in [1.82, 2.24) is 4.98 Å². The molecule has 0 fully saturated rings. The van der Waals surface area contributed by atoms with E-state index in [2.05, 4.69) is 4.98 Å². The summed E-state index contributed by atoms with van der Waals surface area (Å²) in [7, 11) is 1.63. The largest absolute Gasteiger partial charge is 0.493 e. The van der Waals surface area contributed by atoms with Crippen molar-refractivity contribution in [3.05, 3.63) is 53.9 Å². The summed E-state index contributed by atoms with van der Waals surface area (Å²) in [6, 6.07) is 9.75. The van der Waals surface area contributed by atoms with E-state index in [1.807, 2.05) is 37.3 Å². The summed E-state index contributed by atoms with van der Waals surface area (Å²) < 4.78 is 11.1. The number of nitrogens with zero attached hydrogens (tertiary/aromatic N) is 1. The highest BCUT2D eigenvalue weighted by Crippen LogP contribution is 2.29. The molecule has 106 valence electrons. The fourth-order valence-electron chi connectivity index (χ4n) is 1.91. The zero-order valence-electron chi connectivity index (χ0n) is 11.9. The van der Waals surface area contributed by atoms with E-state index in [1.54, 1.807) is 19.5 Å². The minimum atomic E-state index is -0.0187. The number of rotatable bonds is 6. The van der Waals surface area contributed by atoms with Crippen LogP contribution in [0.3, 0.4) is 0 Å². The Morgan fingerprint density at radius 3 is 2.55 bits per heavy atom. The van der Waals surface area contributed by atoms with Gasteiger partial charge >= 0.3 is 0 Å². The number of hydrogen-bond donors (Lipinski definition) is 1. The van der Waals surface area contributed by atoms with E-state index < -0.39 is 0 Å². The van der Waals surface area contributed by atoms with Gasteiger partial charge in [0.2, 0.25) is 0 Å². The van der Waals surface area contributed by atoms with E-state index in [9.17, 15) is 0 Å². The molecule has 4 nitrogen and oxygen atoms in total. The minimum absolute atomic E-state index is 0.0187. The summed E-state index contributed by atoms with van der Waals surface area (Å²) >= 11 is 0. The fraction of sp³-hybridized carbons (Fsp3) is 0.312. The van der Waals surface area contributed by atoms with Crippen LogP contribution in [0, 0.1) is 0 Å². The van der Waals surface area contributed by atoms with Crippen molar-refractivity contribution in [1.29, 1.82) is 0 Å². The third-order valence-corrected chi connectivity index (χ3v) is 3.11. The molecule has 0 spiro atoms. The van der Waals surface area contributed by atoms with Gasteiger partial charge in [0.1, 0.15) is 0 Å². The highest BCUT2D eigenvalue weighted by Gasteiger charge is 2.08. The Kier molecular flexibility index (Phi) is 4.96. The van der Waals surface area contributed by atoms with Crippen molar-refractivity contribution in [2.75, 3.05) is 13.7 Å². The maximum absolute atomic E-state index is 5.86. The molecule has 0 radical (unpaired) electrons. The summed E-state index contributed by atoms with van der Waals surface area (Å²) in [5.41, 5.74) is 8.09. The van der Waals surface area contributed by atoms with E-state index in [0.29, 0.717) is 6.61 Å². The van der Waals surface area contributed by atoms with Crippen LogP contribution < -0.4 is 15.2 Å². The molecule has 20 heavy (non-hydrogen) atoms. The molecule has 0 aliphatic carbocycles. The molecule has 2 N–H and O–H groups in total. The first-order valence-electron chi connectivity index (χ1n) is 6.66. The van der Waals surface area contributed by atoms with Gasteiger partial charge in [0.05, 0.1) is 13.7 Å². The average molecular weight is 272 g/mol. The number of benzene rings is 1. The molecule has 4 heteroatoms. The van der Waals surface area contributed by atoms with Gasteiger partial charge in [-0.05, 0) is 42.3 Å². The van der Waals surface area contributed by atoms with Crippen molar-refractivity contribution in [3.63, 3.8) is 0 Å². The van der Waals surface area contributed by atoms with Gasteiger partial charge < -0.3 is 15.2 Å². The van der Waals surface area contributed by atoms with Gasteiger partial charge in [0, 0.05) is 24.9 Å². The van der Waals surface area contributed by atoms with Gasteiger partial charge in [-0.2, -0.15) is 0 Å². The van der Waals surface area contributed by atoms with Crippen LogP contribution in [0.15, 0.2) is 42.7 Å². The second kappa shape index (κ2) is 6.91. The SMILES string of the molecule is COc1cc([C@H](C)N)ccc1OCCc1ccncc1. The molecule has 2 aromatic rings. The maximum Gasteiger partial charge on any atom is 0.161 e. The van der Waals surface area contributed by atoms with E-state index >= 15 is 0 Å². The lowest BCUT2D eigenvalue weighted by Gasteiger charge is -2.13. The van der Waals surface area contributed by atoms with Crippen molar-refractivity contribution < 1.29 is 9.47 Å². The van der Waals surface area contributed by atoms with Crippen molar-refractivity contribution >= 4 is 0 Å². The van der Waals surface area contributed by atoms with E-state index in [1.165, 1.54) is 5.56 Å². The molecular weight excluding hydrogens is 252 g/mol. The van der Waals surface area contributed by atoms with Gasteiger partial charge in [-0.15, -0.1) is 0 Å². The molecule has 0 saturated heterocycles. The highest BCUT2D eigenvalue weighted by atomic mass is 16.5. The van der Waals surface area contributed by atoms with Crippen LogP contribution in [-0.4, -0.2) is 18.7 Å². The van der Waals surface area contributed by atoms with Gasteiger partial charge in [0.25, 0.3) is 0 Å². The Morgan fingerprint density at radius 2 is 1.90 bits per heavy atom. The highest BCUT2D eigenvalue weighted by molar-refractivity contribution is 5.43.